The highest BCUT2D eigenvalue weighted by Crippen LogP contribution is 2.24. The van der Waals surface area contributed by atoms with Gasteiger partial charge in [-0.1, -0.05) is 57.0 Å². The number of unbranched alkanes of at least 4 members (excludes halogenated alkanes) is 1. The number of pyridine rings is 1. The van der Waals surface area contributed by atoms with Crippen molar-refractivity contribution < 1.29 is 52.3 Å². The number of urea groups is 1. The number of rotatable bonds is 33. The van der Waals surface area contributed by atoms with E-state index in [2.05, 4.69) is 21.3 Å². The van der Waals surface area contributed by atoms with Gasteiger partial charge in [-0.15, -0.1) is 0 Å². The van der Waals surface area contributed by atoms with Crippen LogP contribution in [0.25, 0.3) is 6.08 Å². The number of benzene rings is 2. The Labute approximate surface area is 426 Å². The summed E-state index contributed by atoms with van der Waals surface area (Å²) in [5, 5.41) is 11.3. The lowest BCUT2D eigenvalue weighted by Gasteiger charge is -2.32. The maximum atomic E-state index is 13.7. The second-order valence-corrected chi connectivity index (χ2v) is 18.3. The molecule has 2 aromatic carbocycles. The van der Waals surface area contributed by atoms with E-state index in [1.54, 1.807) is 24.3 Å². The number of carbonyl (C=O) groups is 7. The molecule has 0 saturated carbocycles. The van der Waals surface area contributed by atoms with E-state index in [0.29, 0.717) is 70.4 Å². The first-order chi connectivity index (χ1) is 34.3. The number of amides is 6. The Bertz CT molecular complexity index is 2160. The molecule has 4 rings (SSSR count). The second-order valence-electron chi connectivity index (χ2n) is 18.3. The van der Waals surface area contributed by atoms with Crippen LogP contribution in [0.1, 0.15) is 106 Å². The van der Waals surface area contributed by atoms with Crippen LogP contribution >= 0.6 is 0 Å². The summed E-state index contributed by atoms with van der Waals surface area (Å²) in [6, 6.07) is 19.2. The molecule has 1 aliphatic rings. The van der Waals surface area contributed by atoms with Crippen molar-refractivity contribution >= 4 is 53.0 Å². The lowest BCUT2D eigenvalue weighted by molar-refractivity contribution is -0.688. The fourth-order valence-corrected chi connectivity index (χ4v) is 8.12. The predicted octanol–water partition coefficient (Wildman–Crippen LogP) is 5.85. The first-order valence-electron chi connectivity index (χ1n) is 25.0. The van der Waals surface area contributed by atoms with Crippen LogP contribution in [0, 0.1) is 25.2 Å². The van der Waals surface area contributed by atoms with E-state index in [-0.39, 0.29) is 81.1 Å². The highest BCUT2D eigenvalue weighted by molar-refractivity contribution is 5.97. The van der Waals surface area contributed by atoms with E-state index >= 15 is 0 Å². The Hall–Kier alpha value is -6.30. The molecule has 1 saturated heterocycles. The monoisotopic (exact) mass is 998 g/mol. The van der Waals surface area contributed by atoms with Gasteiger partial charge in [-0.25, -0.2) is 9.36 Å². The van der Waals surface area contributed by atoms with Gasteiger partial charge in [0.05, 0.1) is 45.7 Å². The van der Waals surface area contributed by atoms with Crippen molar-refractivity contribution in [3.05, 3.63) is 109 Å². The van der Waals surface area contributed by atoms with Crippen molar-refractivity contribution in [3.8, 4) is 0 Å². The van der Waals surface area contributed by atoms with Crippen LogP contribution in [0.3, 0.4) is 0 Å². The van der Waals surface area contributed by atoms with Crippen molar-refractivity contribution in [2.24, 2.45) is 23.5 Å². The number of nitrogens with zero attached hydrogens (tertiary/aromatic N) is 2. The average Bonchev–Trinajstić information content (AvgIpc) is 3.35. The van der Waals surface area contributed by atoms with E-state index in [9.17, 15) is 33.6 Å². The standard InChI is InChI=1S/C54H75N7O10.CH3/c1-40(2)51(59-50(65)25-32-70-34-36-71-35-33-69-31-24-41(3)62)48(63)37-46(15-9-27-57-54(55)68)52(66)58-47-19-16-44(17-20-47)39-60-28-10-12-43(38-60)18-21-49(64)56-26-8-7-11-42-22-29-61(30-23-42)53(67)45-13-5-4-6-14-45;/h4-6,10,12-14,16-21,28,38,40,42,46,51H,7-9,11,15,22-27,29-37,39H2,1-3H3,(H5-,55,56,57,58,59,64,65,66,68);1H3/q;-1/p+1/b21-18+;/t46-,51+;/m1./s1. The molecule has 1 aromatic heterocycles. The Morgan fingerprint density at radius 3 is 2.10 bits per heavy atom. The Morgan fingerprint density at radius 1 is 0.792 bits per heavy atom. The minimum atomic E-state index is -0.822. The van der Waals surface area contributed by atoms with Crippen molar-refractivity contribution in [2.45, 2.75) is 97.6 Å². The van der Waals surface area contributed by atoms with Gasteiger partial charge >= 0.3 is 6.03 Å². The first-order valence-corrected chi connectivity index (χ1v) is 25.0. The number of nitrogens with one attached hydrogen (secondary N) is 4. The Kier molecular flexibility index (Phi) is 28.4. The highest BCUT2D eigenvalue weighted by atomic mass is 16.5. The van der Waals surface area contributed by atoms with Gasteiger partial charge in [0.2, 0.25) is 17.7 Å². The van der Waals surface area contributed by atoms with E-state index in [4.69, 9.17) is 19.9 Å². The van der Waals surface area contributed by atoms with Crippen LogP contribution in [0.5, 0.6) is 0 Å². The van der Waals surface area contributed by atoms with Crippen LogP contribution in [0.2, 0.25) is 0 Å². The van der Waals surface area contributed by atoms with E-state index in [1.807, 2.05) is 90.3 Å². The van der Waals surface area contributed by atoms with Gasteiger partial charge in [-0.3, -0.25) is 28.8 Å². The summed E-state index contributed by atoms with van der Waals surface area (Å²) >= 11 is 0. The third-order valence-corrected chi connectivity index (χ3v) is 12.1. The molecular formula is C55H79N7O10. The number of ketones is 2. The average molecular weight is 998 g/mol. The third-order valence-electron chi connectivity index (χ3n) is 12.1. The zero-order valence-electron chi connectivity index (χ0n) is 42.9. The van der Waals surface area contributed by atoms with Crippen molar-refractivity contribution in [2.75, 3.05) is 71.1 Å². The molecule has 0 radical (unpaired) electrons. The van der Waals surface area contributed by atoms with Gasteiger partial charge < -0.3 is 53.5 Å². The molecule has 3 aromatic rings. The normalized spacial score (nSPS) is 13.5. The largest absolute Gasteiger partial charge is 0.379 e. The molecule has 1 fully saturated rings. The Balaban J connectivity index is 0.0000137. The van der Waals surface area contributed by atoms with Gasteiger partial charge in [0.1, 0.15) is 5.78 Å². The minimum Gasteiger partial charge on any atom is -0.379 e. The van der Waals surface area contributed by atoms with E-state index in [1.165, 1.54) is 6.92 Å². The molecule has 17 nitrogen and oxygen atoms in total. The van der Waals surface area contributed by atoms with Gasteiger partial charge in [0.25, 0.3) is 5.91 Å². The molecule has 0 spiro atoms. The molecule has 2 heterocycles. The van der Waals surface area contributed by atoms with E-state index in [0.717, 1.165) is 61.9 Å². The summed E-state index contributed by atoms with van der Waals surface area (Å²) in [4.78, 5) is 89.8. The summed E-state index contributed by atoms with van der Waals surface area (Å²) in [6.45, 7) is 9.92. The Morgan fingerprint density at radius 2 is 1.44 bits per heavy atom. The van der Waals surface area contributed by atoms with Crippen LogP contribution in [0.15, 0.2) is 85.2 Å². The fourth-order valence-electron chi connectivity index (χ4n) is 8.12. The SMILES string of the molecule is CC(=O)CCOCCOCCOCCC(=O)N[C@H](C(=O)C[C@@H](CCCNC(N)=O)C(=O)Nc1ccc(C[n+]2cccc(/C=C/C(=O)NCCCCC3CCN(C(=O)c4ccccc4)CC3)c2)cc1)C(C)C.[CH3-]. The number of hydrogen-bond donors (Lipinski definition) is 5. The maximum absolute atomic E-state index is 13.7. The number of anilines is 1. The number of ether oxygens (including phenoxy) is 3. The fraction of sp³-hybridized carbons (Fsp3) is 0.509. The summed E-state index contributed by atoms with van der Waals surface area (Å²) in [5.74, 6) is -1.36. The summed E-state index contributed by atoms with van der Waals surface area (Å²) < 4.78 is 18.3. The van der Waals surface area contributed by atoms with Gasteiger partial charge in [-0.05, 0) is 87.3 Å². The topological polar surface area (TPSA) is 228 Å². The molecule has 6 N–H and O–H groups in total. The number of carbonyl (C=O) groups excluding carboxylic acids is 7. The molecule has 6 amide bonds. The number of piperidine rings is 1. The van der Waals surface area contributed by atoms with Crippen LogP contribution in [-0.4, -0.2) is 118 Å². The lowest BCUT2D eigenvalue weighted by Crippen LogP contribution is -2.45. The zero-order chi connectivity index (χ0) is 51.2. The van der Waals surface area contributed by atoms with Crippen LogP contribution in [-0.2, 0) is 44.7 Å². The number of aromatic nitrogens is 1. The number of hydrogen-bond acceptors (Lipinski definition) is 10. The molecule has 0 aliphatic carbocycles. The lowest BCUT2D eigenvalue weighted by atomic mass is 9.89. The smallest absolute Gasteiger partial charge is 0.312 e. The number of primary amides is 1. The van der Waals surface area contributed by atoms with E-state index < -0.39 is 18.0 Å². The molecule has 0 unspecified atom stereocenters. The second kappa shape index (κ2) is 34.1. The first kappa shape index (κ1) is 60.0. The van der Waals surface area contributed by atoms with Gasteiger partial charge in [-0.2, -0.15) is 0 Å². The molecule has 72 heavy (non-hydrogen) atoms. The summed E-state index contributed by atoms with van der Waals surface area (Å²) in [5.41, 5.74) is 8.36. The van der Waals surface area contributed by atoms with Crippen molar-refractivity contribution in [1.29, 1.82) is 0 Å². The zero-order valence-corrected chi connectivity index (χ0v) is 42.9. The predicted molar refractivity (Wildman–Crippen MR) is 277 cm³/mol. The molecular weight excluding hydrogens is 919 g/mol. The number of Topliss-reactive ketones (excluding diaryl/α,β-unsaturated/α-hetero) is 2. The van der Waals surface area contributed by atoms with Crippen LogP contribution in [0.4, 0.5) is 10.5 Å². The van der Waals surface area contributed by atoms with Gasteiger partial charge in [0, 0.05) is 85.9 Å². The third kappa shape index (κ3) is 24.2. The highest BCUT2D eigenvalue weighted by Gasteiger charge is 2.30. The van der Waals surface area contributed by atoms with Crippen molar-refractivity contribution in [1.82, 2.24) is 20.9 Å². The summed E-state index contributed by atoms with van der Waals surface area (Å²) in [6.07, 6.45) is 13.2. The number of nitrogens with two attached hydrogens (primary N) is 1. The van der Waals surface area contributed by atoms with Gasteiger partial charge in [0.15, 0.2) is 24.7 Å². The van der Waals surface area contributed by atoms with Crippen LogP contribution < -0.4 is 31.6 Å². The molecule has 394 valence electrons. The summed E-state index contributed by atoms with van der Waals surface area (Å²) in [7, 11) is 0. The quantitative estimate of drug-likeness (QED) is 0.0212. The molecule has 2 atom stereocenters. The molecule has 0 bridgehead atoms. The number of likely N-dealkylation sites (tertiary alicyclic amines) is 1. The minimum absolute atomic E-state index is 0. The van der Waals surface area contributed by atoms with Crippen molar-refractivity contribution in [3.63, 3.8) is 0 Å². The molecule has 17 heteroatoms. The molecule has 1 aliphatic heterocycles. The maximum Gasteiger partial charge on any atom is 0.312 e.